The Bertz CT molecular complexity index is 583. The Kier molecular flexibility index (Phi) is 4.02. The van der Waals surface area contributed by atoms with Gasteiger partial charge in [0.2, 0.25) is 0 Å². The Labute approximate surface area is 127 Å². The van der Waals surface area contributed by atoms with Gasteiger partial charge in [-0.25, -0.2) is 0 Å². The van der Waals surface area contributed by atoms with Crippen molar-refractivity contribution in [3.63, 3.8) is 0 Å². The zero-order valence-corrected chi connectivity index (χ0v) is 13.1. The van der Waals surface area contributed by atoms with E-state index in [4.69, 9.17) is 0 Å². The lowest BCUT2D eigenvalue weighted by Gasteiger charge is -2.40. The molecule has 0 unspecified atom stereocenters. The molecule has 1 aromatic rings. The smallest absolute Gasteiger partial charge is 0.0945 e. The molecule has 1 fully saturated rings. The summed E-state index contributed by atoms with van der Waals surface area (Å²) in [5, 5.41) is 0. The van der Waals surface area contributed by atoms with Crippen LogP contribution in [-0.4, -0.2) is 0 Å². The highest BCUT2D eigenvalue weighted by Crippen LogP contribution is 3.02. The van der Waals surface area contributed by atoms with Crippen molar-refractivity contribution in [2.75, 3.05) is 0 Å². The maximum atomic E-state index is 12.6. The molecule has 124 valence electrons. The third kappa shape index (κ3) is 4.64. The normalized spacial score (nSPS) is 25.5. The van der Waals surface area contributed by atoms with E-state index in [2.05, 4.69) is 18.8 Å². The SMILES string of the molecule is CCC1CCC(C#Cc2ccc(S(F)(F)(F)(F)F)cc2)CC1. The number of hydrogen-bond donors (Lipinski definition) is 0. The molecule has 22 heavy (non-hydrogen) atoms. The van der Waals surface area contributed by atoms with Gasteiger partial charge in [-0.2, -0.15) is 0 Å². The molecule has 0 radical (unpaired) electrons. The minimum absolute atomic E-state index is 0.248. The molecule has 0 aliphatic heterocycles. The van der Waals surface area contributed by atoms with Crippen LogP contribution in [0.3, 0.4) is 0 Å². The topological polar surface area (TPSA) is 0 Å². The number of rotatable bonds is 2. The molecule has 0 saturated heterocycles. The Hall–Kier alpha value is -1.22. The van der Waals surface area contributed by atoms with Gasteiger partial charge in [0.15, 0.2) is 0 Å². The molecule has 0 atom stereocenters. The van der Waals surface area contributed by atoms with Crippen LogP contribution in [0.2, 0.25) is 0 Å². The van der Waals surface area contributed by atoms with E-state index in [9.17, 15) is 19.4 Å². The highest BCUT2D eigenvalue weighted by Gasteiger charge is 2.65. The Morgan fingerprint density at radius 2 is 1.50 bits per heavy atom. The summed E-state index contributed by atoms with van der Waals surface area (Å²) in [6.07, 6.45) is 5.40. The first-order valence-corrected chi connectivity index (χ1v) is 9.29. The molecule has 2 rings (SSSR count). The van der Waals surface area contributed by atoms with E-state index in [0.29, 0.717) is 17.7 Å². The van der Waals surface area contributed by atoms with Gasteiger partial charge < -0.3 is 0 Å². The Morgan fingerprint density at radius 3 is 1.95 bits per heavy atom. The Morgan fingerprint density at radius 1 is 0.955 bits per heavy atom. The second-order valence-electron chi connectivity index (χ2n) is 5.89. The molecular formula is C16H19F5S. The second-order valence-corrected chi connectivity index (χ2v) is 8.30. The lowest BCUT2D eigenvalue weighted by molar-refractivity contribution is 0.309. The van der Waals surface area contributed by atoms with Crippen molar-refractivity contribution in [2.45, 2.75) is 43.9 Å². The largest absolute Gasteiger partial charge is 0.310 e. The van der Waals surface area contributed by atoms with Crippen molar-refractivity contribution in [1.29, 1.82) is 0 Å². The van der Waals surface area contributed by atoms with E-state index in [1.807, 2.05) is 0 Å². The summed E-state index contributed by atoms with van der Waals surface area (Å²) < 4.78 is 63.0. The molecule has 0 amide bonds. The van der Waals surface area contributed by atoms with Gasteiger partial charge >= 0.3 is 10.2 Å². The predicted molar refractivity (Wildman–Crippen MR) is 80.5 cm³/mol. The van der Waals surface area contributed by atoms with Crippen LogP contribution in [0, 0.1) is 23.7 Å². The van der Waals surface area contributed by atoms with Gasteiger partial charge in [0, 0.05) is 11.5 Å². The van der Waals surface area contributed by atoms with E-state index >= 15 is 0 Å². The first-order chi connectivity index (χ1) is 9.97. The molecule has 1 aromatic carbocycles. The standard InChI is InChI=1S/C16H19F5S/c1-2-13-3-5-14(6-4-13)7-8-15-9-11-16(12-10-15)22(17,18,19,20)21/h9-14H,2-6H2,1H3. The minimum atomic E-state index is -9.58. The average Bonchev–Trinajstić information content (AvgIpc) is 2.44. The third-order valence-corrected chi connectivity index (χ3v) is 5.31. The molecule has 0 aromatic heterocycles. The van der Waals surface area contributed by atoms with E-state index in [0.717, 1.165) is 50.2 Å². The first kappa shape index (κ1) is 17.1. The van der Waals surface area contributed by atoms with Crippen LogP contribution in [-0.2, 0) is 0 Å². The summed E-state index contributed by atoms with van der Waals surface area (Å²) in [4.78, 5) is -1.87. The predicted octanol–water partition coefficient (Wildman–Crippen LogP) is 6.91. The Balaban J connectivity index is 2.06. The second kappa shape index (κ2) is 5.16. The molecular weight excluding hydrogens is 319 g/mol. The molecule has 0 N–H and O–H groups in total. The molecule has 0 spiro atoms. The summed E-state index contributed by atoms with van der Waals surface area (Å²) in [7, 11) is -9.58. The highest BCUT2D eigenvalue weighted by atomic mass is 32.5. The van der Waals surface area contributed by atoms with E-state index < -0.39 is 15.1 Å². The van der Waals surface area contributed by atoms with Crippen molar-refractivity contribution in [1.82, 2.24) is 0 Å². The highest BCUT2D eigenvalue weighted by molar-refractivity contribution is 8.45. The van der Waals surface area contributed by atoms with Gasteiger partial charge in [0.05, 0.1) is 0 Å². The maximum absolute atomic E-state index is 12.6. The molecule has 1 aliphatic rings. The maximum Gasteiger partial charge on any atom is 0.310 e. The molecule has 6 heteroatoms. The van der Waals surface area contributed by atoms with Crippen molar-refractivity contribution in [3.8, 4) is 11.8 Å². The number of benzene rings is 1. The van der Waals surface area contributed by atoms with E-state index in [-0.39, 0.29) is 5.92 Å². The fraction of sp³-hybridized carbons (Fsp3) is 0.500. The molecule has 1 saturated carbocycles. The molecule has 0 nitrogen and oxygen atoms in total. The van der Waals surface area contributed by atoms with Gasteiger partial charge in [-0.15, -0.1) is 0 Å². The fourth-order valence-corrected chi connectivity index (χ4v) is 3.35. The van der Waals surface area contributed by atoms with Crippen LogP contribution in [0.25, 0.3) is 0 Å². The fourth-order valence-electron chi connectivity index (χ4n) is 2.70. The lowest BCUT2D eigenvalue weighted by Crippen LogP contribution is -2.12. The van der Waals surface area contributed by atoms with Crippen LogP contribution in [0.5, 0.6) is 0 Å². The van der Waals surface area contributed by atoms with Gasteiger partial charge in [0.25, 0.3) is 0 Å². The summed E-state index contributed by atoms with van der Waals surface area (Å²) in [6.45, 7) is 2.16. The number of hydrogen-bond acceptors (Lipinski definition) is 0. The molecule has 0 bridgehead atoms. The first-order valence-electron chi connectivity index (χ1n) is 7.33. The zero-order chi connectivity index (χ0) is 16.5. The van der Waals surface area contributed by atoms with Crippen LogP contribution in [0.4, 0.5) is 19.4 Å². The summed E-state index contributed by atoms with van der Waals surface area (Å²) in [5.41, 5.74) is 0.336. The molecule has 0 heterocycles. The molecule has 1 aliphatic carbocycles. The van der Waals surface area contributed by atoms with Crippen LogP contribution < -0.4 is 0 Å². The quantitative estimate of drug-likeness (QED) is 0.406. The van der Waals surface area contributed by atoms with Crippen molar-refractivity contribution in [3.05, 3.63) is 29.8 Å². The lowest BCUT2D eigenvalue weighted by atomic mass is 9.81. The van der Waals surface area contributed by atoms with Gasteiger partial charge in [-0.3, -0.25) is 0 Å². The van der Waals surface area contributed by atoms with Crippen LogP contribution in [0.1, 0.15) is 44.6 Å². The van der Waals surface area contributed by atoms with Gasteiger partial charge in [-0.05, 0) is 55.9 Å². The summed E-state index contributed by atoms with van der Waals surface area (Å²) in [5.74, 6) is 6.85. The third-order valence-electron chi connectivity index (χ3n) is 4.14. The van der Waals surface area contributed by atoms with Crippen molar-refractivity contribution >= 4 is 10.2 Å². The minimum Gasteiger partial charge on any atom is -0.0945 e. The van der Waals surface area contributed by atoms with Gasteiger partial charge in [0.1, 0.15) is 4.90 Å². The summed E-state index contributed by atoms with van der Waals surface area (Å²) >= 11 is 0. The average molecular weight is 338 g/mol. The van der Waals surface area contributed by atoms with E-state index in [1.165, 1.54) is 0 Å². The van der Waals surface area contributed by atoms with Crippen molar-refractivity contribution in [2.24, 2.45) is 11.8 Å². The van der Waals surface area contributed by atoms with Crippen LogP contribution >= 0.6 is 10.2 Å². The zero-order valence-electron chi connectivity index (χ0n) is 12.3. The van der Waals surface area contributed by atoms with Crippen LogP contribution in [0.15, 0.2) is 29.2 Å². The van der Waals surface area contributed by atoms with Crippen molar-refractivity contribution < 1.29 is 19.4 Å². The monoisotopic (exact) mass is 338 g/mol. The van der Waals surface area contributed by atoms with E-state index in [1.54, 1.807) is 0 Å². The summed E-state index contributed by atoms with van der Waals surface area (Å²) in [6, 6.07) is 2.86. The number of halogens is 5. The van der Waals surface area contributed by atoms with Gasteiger partial charge in [-0.1, -0.05) is 44.6 Å².